The lowest BCUT2D eigenvalue weighted by atomic mass is 10.2. The van der Waals surface area contributed by atoms with E-state index < -0.39 is 4.92 Å². The highest BCUT2D eigenvalue weighted by molar-refractivity contribution is 7.99. The maximum absolute atomic E-state index is 13.2. The van der Waals surface area contributed by atoms with Crippen molar-refractivity contribution in [2.45, 2.75) is 10.2 Å². The summed E-state index contributed by atoms with van der Waals surface area (Å²) in [6.45, 7) is 0. The quantitative estimate of drug-likeness (QED) is 0.279. The van der Waals surface area contributed by atoms with Gasteiger partial charge >= 0.3 is 5.69 Å². The number of nitro groups is 1. The molecule has 0 N–H and O–H groups in total. The molecule has 2 aromatic heterocycles. The van der Waals surface area contributed by atoms with Gasteiger partial charge in [0.2, 0.25) is 0 Å². The molecule has 0 aliphatic heterocycles. The van der Waals surface area contributed by atoms with Crippen LogP contribution in [0.15, 0.2) is 81.8 Å². The summed E-state index contributed by atoms with van der Waals surface area (Å²) in [7, 11) is 0. The van der Waals surface area contributed by atoms with E-state index in [1.54, 1.807) is 48.5 Å². The molecule has 9 heteroatoms. The molecule has 0 unspecified atom stereocenters. The van der Waals surface area contributed by atoms with Gasteiger partial charge in [-0.2, -0.15) is 0 Å². The second-order valence-corrected chi connectivity index (χ2v) is 7.05. The Bertz CT molecular complexity index is 1280. The summed E-state index contributed by atoms with van der Waals surface area (Å²) in [5.74, 6) is 0. The van der Waals surface area contributed by atoms with Gasteiger partial charge in [0.05, 0.1) is 26.5 Å². The number of halogens is 1. The van der Waals surface area contributed by atoms with Gasteiger partial charge in [0.15, 0.2) is 10.2 Å². The minimum absolute atomic E-state index is 0.135. The SMILES string of the molecule is O=c1c2ccccc2nc(Sc2ncccc2[N+](=O)[O-])n1-c1ccccc1Cl. The van der Waals surface area contributed by atoms with E-state index in [-0.39, 0.29) is 21.4 Å². The second-order valence-electron chi connectivity index (χ2n) is 5.69. The van der Waals surface area contributed by atoms with Crippen LogP contribution in [0.2, 0.25) is 5.02 Å². The van der Waals surface area contributed by atoms with Crippen molar-refractivity contribution in [2.24, 2.45) is 0 Å². The number of aromatic nitrogens is 3. The average molecular weight is 411 g/mol. The van der Waals surface area contributed by atoms with Crippen LogP contribution in [0.25, 0.3) is 16.6 Å². The van der Waals surface area contributed by atoms with Crippen LogP contribution in [0.1, 0.15) is 0 Å². The molecule has 7 nitrogen and oxygen atoms in total. The zero-order valence-electron chi connectivity index (χ0n) is 14.2. The van der Waals surface area contributed by atoms with Crippen molar-refractivity contribution < 1.29 is 4.92 Å². The van der Waals surface area contributed by atoms with Gasteiger partial charge in [-0.3, -0.25) is 19.5 Å². The van der Waals surface area contributed by atoms with E-state index >= 15 is 0 Å². The van der Waals surface area contributed by atoms with E-state index in [1.165, 1.54) is 22.9 Å². The summed E-state index contributed by atoms with van der Waals surface area (Å²) in [4.78, 5) is 32.7. The third-order valence-electron chi connectivity index (χ3n) is 3.97. The summed E-state index contributed by atoms with van der Waals surface area (Å²) in [6.07, 6.45) is 1.45. The first-order valence-corrected chi connectivity index (χ1v) is 9.29. The van der Waals surface area contributed by atoms with E-state index in [4.69, 9.17) is 11.6 Å². The van der Waals surface area contributed by atoms with Gasteiger partial charge < -0.3 is 0 Å². The highest BCUT2D eigenvalue weighted by atomic mass is 35.5. The number of para-hydroxylation sites is 2. The van der Waals surface area contributed by atoms with Gasteiger partial charge in [0.1, 0.15) is 0 Å². The second kappa shape index (κ2) is 7.41. The van der Waals surface area contributed by atoms with Crippen LogP contribution in [0, 0.1) is 10.1 Å². The lowest BCUT2D eigenvalue weighted by molar-refractivity contribution is -0.388. The Morgan fingerprint density at radius 1 is 1.04 bits per heavy atom. The van der Waals surface area contributed by atoms with Crippen LogP contribution >= 0.6 is 23.4 Å². The van der Waals surface area contributed by atoms with E-state index in [2.05, 4.69) is 9.97 Å². The molecule has 0 bridgehead atoms. The Balaban J connectivity index is 2.00. The number of rotatable bonds is 4. The third kappa shape index (κ3) is 3.23. The molecule has 138 valence electrons. The lowest BCUT2D eigenvalue weighted by Gasteiger charge is -2.14. The highest BCUT2D eigenvalue weighted by Crippen LogP contribution is 2.33. The molecule has 0 fully saturated rings. The number of benzene rings is 2. The van der Waals surface area contributed by atoms with Crippen LogP contribution in [-0.4, -0.2) is 19.5 Å². The van der Waals surface area contributed by atoms with Crippen molar-refractivity contribution in [1.29, 1.82) is 0 Å². The minimum atomic E-state index is -0.520. The Morgan fingerprint density at radius 3 is 2.57 bits per heavy atom. The first kappa shape index (κ1) is 18.1. The third-order valence-corrected chi connectivity index (χ3v) is 5.26. The highest BCUT2D eigenvalue weighted by Gasteiger charge is 2.21. The molecule has 0 aliphatic rings. The Morgan fingerprint density at radius 2 is 1.79 bits per heavy atom. The summed E-state index contributed by atoms with van der Waals surface area (Å²) >= 11 is 7.26. The topological polar surface area (TPSA) is 90.9 Å². The fourth-order valence-corrected chi connectivity index (χ4v) is 3.88. The number of nitrogens with zero attached hydrogens (tertiary/aromatic N) is 4. The standard InChI is InChI=1S/C19H11ClN4O3S/c20-13-7-2-4-9-15(13)23-18(25)12-6-1-3-8-14(12)22-19(23)28-17-16(24(26)27)10-5-11-21-17/h1-11H. The van der Waals surface area contributed by atoms with Gasteiger partial charge in [-0.1, -0.05) is 35.9 Å². The molecular weight excluding hydrogens is 400 g/mol. The first-order chi connectivity index (χ1) is 13.6. The molecule has 0 spiro atoms. The van der Waals surface area contributed by atoms with Gasteiger partial charge in [-0.05, 0) is 42.1 Å². The smallest absolute Gasteiger partial charge is 0.268 e. The summed E-state index contributed by atoms with van der Waals surface area (Å²) in [6, 6.07) is 16.6. The molecular formula is C19H11ClN4O3S. The van der Waals surface area contributed by atoms with Crippen LogP contribution in [-0.2, 0) is 0 Å². The van der Waals surface area contributed by atoms with E-state index in [1.807, 2.05) is 0 Å². The molecule has 0 aliphatic carbocycles. The fraction of sp³-hybridized carbons (Fsp3) is 0. The maximum atomic E-state index is 13.2. The van der Waals surface area contributed by atoms with Crippen molar-refractivity contribution in [3.63, 3.8) is 0 Å². The monoisotopic (exact) mass is 410 g/mol. The lowest BCUT2D eigenvalue weighted by Crippen LogP contribution is -2.22. The zero-order chi connectivity index (χ0) is 19.7. The number of pyridine rings is 1. The van der Waals surface area contributed by atoms with Crippen molar-refractivity contribution in [3.8, 4) is 5.69 Å². The Labute approximate surface area is 167 Å². The molecule has 0 atom stereocenters. The summed E-state index contributed by atoms with van der Waals surface area (Å²) < 4.78 is 1.35. The summed E-state index contributed by atoms with van der Waals surface area (Å²) in [5, 5.41) is 12.5. The molecule has 4 rings (SSSR count). The van der Waals surface area contributed by atoms with Crippen LogP contribution in [0.5, 0.6) is 0 Å². The Kier molecular flexibility index (Phi) is 4.81. The van der Waals surface area contributed by atoms with Crippen molar-refractivity contribution in [3.05, 3.63) is 92.4 Å². The van der Waals surface area contributed by atoms with Crippen molar-refractivity contribution in [2.75, 3.05) is 0 Å². The van der Waals surface area contributed by atoms with E-state index in [9.17, 15) is 14.9 Å². The maximum Gasteiger partial charge on any atom is 0.301 e. The van der Waals surface area contributed by atoms with Crippen molar-refractivity contribution >= 4 is 40.0 Å². The van der Waals surface area contributed by atoms with Gasteiger partial charge in [-0.25, -0.2) is 9.97 Å². The number of hydrogen-bond acceptors (Lipinski definition) is 6. The molecule has 0 saturated heterocycles. The molecule has 28 heavy (non-hydrogen) atoms. The van der Waals surface area contributed by atoms with E-state index in [0.29, 0.717) is 21.6 Å². The van der Waals surface area contributed by atoms with Gasteiger partial charge in [0, 0.05) is 12.3 Å². The van der Waals surface area contributed by atoms with Crippen LogP contribution in [0.4, 0.5) is 5.69 Å². The number of fused-ring (bicyclic) bond motifs is 1. The molecule has 0 radical (unpaired) electrons. The largest absolute Gasteiger partial charge is 0.301 e. The first-order valence-electron chi connectivity index (χ1n) is 8.10. The average Bonchev–Trinajstić information content (AvgIpc) is 2.69. The van der Waals surface area contributed by atoms with E-state index in [0.717, 1.165) is 11.8 Å². The minimum Gasteiger partial charge on any atom is -0.268 e. The van der Waals surface area contributed by atoms with Crippen LogP contribution in [0.3, 0.4) is 0 Å². The fourth-order valence-electron chi connectivity index (χ4n) is 2.71. The Hall–Kier alpha value is -3.23. The predicted molar refractivity (Wildman–Crippen MR) is 107 cm³/mol. The molecule has 2 heterocycles. The molecule has 0 amide bonds. The molecule has 4 aromatic rings. The summed E-state index contributed by atoms with van der Waals surface area (Å²) in [5.41, 5.74) is 0.436. The zero-order valence-corrected chi connectivity index (χ0v) is 15.7. The predicted octanol–water partition coefficient (Wildman–Crippen LogP) is 4.49. The van der Waals surface area contributed by atoms with Gasteiger partial charge in [-0.15, -0.1) is 0 Å². The normalized spacial score (nSPS) is 10.9. The molecule has 2 aromatic carbocycles. The molecule has 0 saturated carbocycles. The van der Waals surface area contributed by atoms with Gasteiger partial charge in [0.25, 0.3) is 5.56 Å². The number of hydrogen-bond donors (Lipinski definition) is 0. The van der Waals surface area contributed by atoms with Crippen LogP contribution < -0.4 is 5.56 Å². The van der Waals surface area contributed by atoms with Crippen molar-refractivity contribution in [1.82, 2.24) is 14.5 Å².